The van der Waals surface area contributed by atoms with Crippen molar-refractivity contribution in [3.8, 4) is 5.75 Å². The van der Waals surface area contributed by atoms with Gasteiger partial charge in [-0.2, -0.15) is 4.31 Å². The molecule has 6 nitrogen and oxygen atoms in total. The SMILES string of the molecule is CCc1ncc(S(=O)(=O)N(C)C(C)c2ccccc2O)[nH]1. The summed E-state index contributed by atoms with van der Waals surface area (Å²) in [5, 5.41) is 9.93. The van der Waals surface area contributed by atoms with Crippen LogP contribution in [0, 0.1) is 0 Å². The van der Waals surface area contributed by atoms with Gasteiger partial charge in [0.15, 0.2) is 5.03 Å². The number of benzene rings is 1. The highest BCUT2D eigenvalue weighted by Crippen LogP contribution is 2.30. The first-order valence-corrected chi connectivity index (χ1v) is 8.11. The number of imidazole rings is 1. The normalized spacial score (nSPS) is 13.5. The van der Waals surface area contributed by atoms with Crippen LogP contribution in [0.3, 0.4) is 0 Å². The molecule has 21 heavy (non-hydrogen) atoms. The zero-order valence-electron chi connectivity index (χ0n) is 12.2. The molecule has 7 heteroatoms. The number of rotatable bonds is 5. The standard InChI is InChI=1S/C14H19N3O3S/c1-4-13-15-9-14(16-13)21(19,20)17(3)10(2)11-7-5-6-8-12(11)18/h5-10,18H,4H2,1-3H3,(H,15,16). The van der Waals surface area contributed by atoms with Crippen LogP contribution in [0.15, 0.2) is 35.5 Å². The monoisotopic (exact) mass is 309 g/mol. The Morgan fingerprint density at radius 1 is 1.38 bits per heavy atom. The van der Waals surface area contributed by atoms with Crippen molar-refractivity contribution in [2.45, 2.75) is 31.3 Å². The molecule has 114 valence electrons. The van der Waals surface area contributed by atoms with E-state index in [2.05, 4.69) is 9.97 Å². The van der Waals surface area contributed by atoms with Crippen LogP contribution in [-0.4, -0.2) is 34.8 Å². The molecule has 1 unspecified atom stereocenters. The lowest BCUT2D eigenvalue weighted by Gasteiger charge is -2.24. The van der Waals surface area contributed by atoms with E-state index in [1.54, 1.807) is 25.1 Å². The summed E-state index contributed by atoms with van der Waals surface area (Å²) in [4.78, 5) is 6.82. The molecule has 0 saturated heterocycles. The predicted molar refractivity (Wildman–Crippen MR) is 79.4 cm³/mol. The third kappa shape index (κ3) is 2.93. The number of phenolic OH excluding ortho intramolecular Hbond substituents is 1. The number of aromatic hydroxyl groups is 1. The van der Waals surface area contributed by atoms with Crippen LogP contribution in [0.1, 0.15) is 31.3 Å². The van der Waals surface area contributed by atoms with Crippen LogP contribution in [-0.2, 0) is 16.4 Å². The van der Waals surface area contributed by atoms with Gasteiger partial charge >= 0.3 is 0 Å². The van der Waals surface area contributed by atoms with Crippen LogP contribution in [0.25, 0.3) is 0 Å². The zero-order chi connectivity index (χ0) is 15.6. The van der Waals surface area contributed by atoms with Crippen molar-refractivity contribution in [3.05, 3.63) is 41.9 Å². The maximum absolute atomic E-state index is 12.6. The minimum atomic E-state index is -3.69. The van der Waals surface area contributed by atoms with E-state index in [1.165, 1.54) is 23.6 Å². The first-order chi connectivity index (χ1) is 9.87. The van der Waals surface area contributed by atoms with Crippen LogP contribution in [0.4, 0.5) is 0 Å². The van der Waals surface area contributed by atoms with E-state index < -0.39 is 16.1 Å². The quantitative estimate of drug-likeness (QED) is 0.885. The number of nitrogens with zero attached hydrogens (tertiary/aromatic N) is 2. The van der Waals surface area contributed by atoms with Gasteiger partial charge in [-0.15, -0.1) is 0 Å². The molecule has 0 aliphatic rings. The van der Waals surface area contributed by atoms with Crippen molar-refractivity contribution in [2.75, 3.05) is 7.05 Å². The average molecular weight is 309 g/mol. The lowest BCUT2D eigenvalue weighted by atomic mass is 10.1. The van der Waals surface area contributed by atoms with E-state index in [0.717, 1.165) is 0 Å². The Morgan fingerprint density at radius 3 is 2.62 bits per heavy atom. The summed E-state index contributed by atoms with van der Waals surface area (Å²) in [7, 11) is -2.20. The number of para-hydroxylation sites is 1. The van der Waals surface area contributed by atoms with Gasteiger partial charge in [-0.1, -0.05) is 25.1 Å². The maximum Gasteiger partial charge on any atom is 0.260 e. The van der Waals surface area contributed by atoms with Gasteiger partial charge in [0.2, 0.25) is 0 Å². The number of nitrogens with one attached hydrogen (secondary N) is 1. The highest BCUT2D eigenvalue weighted by atomic mass is 32.2. The molecule has 1 heterocycles. The third-order valence-corrected chi connectivity index (χ3v) is 5.37. The fraction of sp³-hybridized carbons (Fsp3) is 0.357. The number of H-pyrrole nitrogens is 1. The molecule has 0 radical (unpaired) electrons. The van der Waals surface area contributed by atoms with Gasteiger partial charge in [0.25, 0.3) is 10.0 Å². The van der Waals surface area contributed by atoms with Crippen LogP contribution in [0.2, 0.25) is 0 Å². The molecule has 2 rings (SSSR count). The van der Waals surface area contributed by atoms with Gasteiger partial charge < -0.3 is 10.1 Å². The number of hydrogen-bond acceptors (Lipinski definition) is 4. The van der Waals surface area contributed by atoms with Crippen molar-refractivity contribution in [1.29, 1.82) is 0 Å². The molecule has 0 aliphatic carbocycles. The summed E-state index contributed by atoms with van der Waals surface area (Å²) in [6.45, 7) is 3.62. The first kappa shape index (κ1) is 15.5. The Labute approximate surface area is 124 Å². The molecule has 0 aliphatic heterocycles. The summed E-state index contributed by atoms with van der Waals surface area (Å²) < 4.78 is 26.3. The van der Waals surface area contributed by atoms with E-state index in [4.69, 9.17) is 0 Å². The minimum absolute atomic E-state index is 0.0594. The fourth-order valence-electron chi connectivity index (χ4n) is 2.05. The molecule has 2 aromatic rings. The van der Waals surface area contributed by atoms with Gasteiger partial charge in [0, 0.05) is 19.0 Å². The summed E-state index contributed by atoms with van der Waals surface area (Å²) in [5.41, 5.74) is 0.554. The largest absolute Gasteiger partial charge is 0.508 e. The highest BCUT2D eigenvalue weighted by Gasteiger charge is 2.29. The van der Waals surface area contributed by atoms with Crippen LogP contribution >= 0.6 is 0 Å². The lowest BCUT2D eigenvalue weighted by molar-refractivity contribution is 0.380. The second-order valence-corrected chi connectivity index (χ2v) is 6.77. The van der Waals surface area contributed by atoms with Crippen molar-refractivity contribution < 1.29 is 13.5 Å². The van der Waals surface area contributed by atoms with Gasteiger partial charge in [-0.25, -0.2) is 13.4 Å². The number of hydrogen-bond donors (Lipinski definition) is 2. The first-order valence-electron chi connectivity index (χ1n) is 6.67. The van der Waals surface area contributed by atoms with Gasteiger partial charge in [0.1, 0.15) is 11.6 Å². The third-order valence-electron chi connectivity index (χ3n) is 3.53. The molecule has 0 amide bonds. The number of aromatic amines is 1. The molecule has 0 saturated carbocycles. The van der Waals surface area contributed by atoms with E-state index in [1.807, 2.05) is 6.92 Å². The predicted octanol–water partition coefficient (Wildman–Crippen LogP) is 2.06. The Balaban J connectivity index is 2.34. The van der Waals surface area contributed by atoms with Gasteiger partial charge in [-0.3, -0.25) is 0 Å². The smallest absolute Gasteiger partial charge is 0.260 e. The molecule has 0 spiro atoms. The van der Waals surface area contributed by atoms with Gasteiger partial charge in [-0.05, 0) is 13.0 Å². The van der Waals surface area contributed by atoms with Gasteiger partial charge in [0.05, 0.1) is 12.2 Å². The number of phenols is 1. The Kier molecular flexibility index (Phi) is 4.34. The van der Waals surface area contributed by atoms with Crippen molar-refractivity contribution in [2.24, 2.45) is 0 Å². The van der Waals surface area contributed by atoms with E-state index >= 15 is 0 Å². The fourth-order valence-corrected chi connectivity index (χ4v) is 3.33. The highest BCUT2D eigenvalue weighted by molar-refractivity contribution is 7.89. The molecular formula is C14H19N3O3S. The van der Waals surface area contributed by atoms with Crippen molar-refractivity contribution >= 4 is 10.0 Å². The second-order valence-electron chi connectivity index (χ2n) is 4.80. The van der Waals surface area contributed by atoms with Crippen molar-refractivity contribution in [3.63, 3.8) is 0 Å². The topological polar surface area (TPSA) is 86.3 Å². The van der Waals surface area contributed by atoms with Crippen molar-refractivity contribution in [1.82, 2.24) is 14.3 Å². The molecular weight excluding hydrogens is 290 g/mol. The molecule has 2 N–H and O–H groups in total. The Hall–Kier alpha value is -1.86. The van der Waals surface area contributed by atoms with E-state index in [0.29, 0.717) is 17.8 Å². The number of sulfonamides is 1. The molecule has 0 bridgehead atoms. The summed E-state index contributed by atoms with van der Waals surface area (Å²) in [6, 6.07) is 6.21. The average Bonchev–Trinajstić information content (AvgIpc) is 2.96. The summed E-state index contributed by atoms with van der Waals surface area (Å²) in [6.07, 6.45) is 1.95. The molecule has 1 aromatic heterocycles. The Morgan fingerprint density at radius 2 is 2.05 bits per heavy atom. The Bertz CT molecular complexity index is 725. The summed E-state index contributed by atoms with van der Waals surface area (Å²) in [5.74, 6) is 0.697. The molecule has 1 aromatic carbocycles. The van der Waals surface area contributed by atoms with Crippen LogP contribution in [0.5, 0.6) is 5.75 Å². The maximum atomic E-state index is 12.6. The van der Waals surface area contributed by atoms with Crippen LogP contribution < -0.4 is 0 Å². The summed E-state index contributed by atoms with van der Waals surface area (Å²) >= 11 is 0. The lowest BCUT2D eigenvalue weighted by Crippen LogP contribution is -2.30. The number of aryl methyl sites for hydroxylation is 1. The van der Waals surface area contributed by atoms with E-state index in [9.17, 15) is 13.5 Å². The second kappa shape index (κ2) is 5.87. The number of aromatic nitrogens is 2. The molecule has 0 fully saturated rings. The molecule has 1 atom stereocenters. The minimum Gasteiger partial charge on any atom is -0.508 e. The zero-order valence-corrected chi connectivity index (χ0v) is 13.1. The van der Waals surface area contributed by atoms with E-state index in [-0.39, 0.29) is 10.8 Å².